The number of nitrogens with two attached hydrogens (primary N) is 1. The predicted octanol–water partition coefficient (Wildman–Crippen LogP) is 2.10. The van der Waals surface area contributed by atoms with Crippen LogP contribution in [0.25, 0.3) is 12.2 Å². The fourth-order valence-corrected chi connectivity index (χ4v) is 2.22. The SMILES string of the molecule is COC.COC1=C(O)CC=c2nccc(Oc3ccc(N)cc3)c2=C1. The quantitative estimate of drug-likeness (QED) is 0.831. The molecule has 0 unspecified atom stereocenters. The van der Waals surface area contributed by atoms with Gasteiger partial charge in [-0.3, -0.25) is 4.98 Å². The summed E-state index contributed by atoms with van der Waals surface area (Å²) in [6.45, 7) is 0. The summed E-state index contributed by atoms with van der Waals surface area (Å²) in [4.78, 5) is 4.32. The van der Waals surface area contributed by atoms with Gasteiger partial charge in [-0.25, -0.2) is 0 Å². The van der Waals surface area contributed by atoms with Crippen molar-refractivity contribution in [2.24, 2.45) is 0 Å². The van der Waals surface area contributed by atoms with Gasteiger partial charge in [0.2, 0.25) is 0 Å². The number of nitrogen functional groups attached to an aromatic ring is 1. The molecule has 0 atom stereocenters. The number of aromatic nitrogens is 1. The Morgan fingerprint density at radius 3 is 2.40 bits per heavy atom. The first kappa shape index (κ1) is 18.4. The first-order valence-electron chi connectivity index (χ1n) is 7.65. The third-order valence-electron chi connectivity index (χ3n) is 3.36. The van der Waals surface area contributed by atoms with E-state index in [0.717, 1.165) is 10.6 Å². The molecular formula is C19H22N2O4. The van der Waals surface area contributed by atoms with E-state index in [-0.39, 0.29) is 5.76 Å². The van der Waals surface area contributed by atoms with E-state index >= 15 is 0 Å². The first-order valence-corrected chi connectivity index (χ1v) is 7.65. The van der Waals surface area contributed by atoms with Gasteiger partial charge in [0.15, 0.2) is 5.76 Å². The second-order valence-corrected chi connectivity index (χ2v) is 5.26. The number of anilines is 1. The Hall–Kier alpha value is -2.99. The minimum Gasteiger partial charge on any atom is -0.508 e. The van der Waals surface area contributed by atoms with Gasteiger partial charge < -0.3 is 25.1 Å². The highest BCUT2D eigenvalue weighted by molar-refractivity contribution is 5.53. The lowest BCUT2D eigenvalue weighted by molar-refractivity contribution is 0.272. The molecule has 1 aromatic heterocycles. The minimum atomic E-state index is 0.166. The summed E-state index contributed by atoms with van der Waals surface area (Å²) in [6.07, 6.45) is 5.60. The van der Waals surface area contributed by atoms with Gasteiger partial charge in [-0.15, -0.1) is 0 Å². The number of benzene rings is 1. The van der Waals surface area contributed by atoms with Crippen molar-refractivity contribution in [2.45, 2.75) is 6.42 Å². The number of methoxy groups -OCH3 is 2. The van der Waals surface area contributed by atoms with Crippen LogP contribution < -0.4 is 21.0 Å². The van der Waals surface area contributed by atoms with Crippen molar-refractivity contribution in [2.75, 3.05) is 27.1 Å². The van der Waals surface area contributed by atoms with E-state index in [4.69, 9.17) is 15.2 Å². The van der Waals surface area contributed by atoms with Crippen molar-refractivity contribution < 1.29 is 19.3 Å². The van der Waals surface area contributed by atoms with Gasteiger partial charge in [0, 0.05) is 37.7 Å². The third-order valence-corrected chi connectivity index (χ3v) is 3.36. The van der Waals surface area contributed by atoms with Crippen molar-refractivity contribution in [3.63, 3.8) is 0 Å². The van der Waals surface area contributed by atoms with Crippen LogP contribution in [0.5, 0.6) is 11.5 Å². The van der Waals surface area contributed by atoms with E-state index in [1.54, 1.807) is 56.8 Å². The van der Waals surface area contributed by atoms with Crippen molar-refractivity contribution >= 4 is 17.8 Å². The second kappa shape index (κ2) is 8.75. The molecule has 6 nitrogen and oxygen atoms in total. The molecule has 0 radical (unpaired) electrons. The zero-order valence-corrected chi connectivity index (χ0v) is 14.5. The standard InChI is InChI=1S/C17H16N2O3.C2H6O/c1-21-17-10-13-14(6-7-15(17)20)19-9-8-16(13)22-12-4-2-11(18)3-5-12;1-3-2/h2-6,8-10,20H,7,18H2,1H3;1-2H3. The van der Waals surface area contributed by atoms with Gasteiger partial charge in [-0.1, -0.05) is 6.08 Å². The van der Waals surface area contributed by atoms with Crippen LogP contribution >= 0.6 is 0 Å². The summed E-state index contributed by atoms with van der Waals surface area (Å²) in [5.74, 6) is 1.88. The molecule has 6 heteroatoms. The molecule has 3 rings (SSSR count). The fraction of sp³-hybridized carbons (Fsp3) is 0.211. The van der Waals surface area contributed by atoms with E-state index in [1.807, 2.05) is 6.08 Å². The van der Waals surface area contributed by atoms with Gasteiger partial charge in [-0.05, 0) is 36.4 Å². The summed E-state index contributed by atoms with van der Waals surface area (Å²) >= 11 is 0. The van der Waals surface area contributed by atoms with Crippen LogP contribution in [-0.4, -0.2) is 31.4 Å². The molecule has 1 heterocycles. The molecule has 0 spiro atoms. The van der Waals surface area contributed by atoms with Gasteiger partial charge >= 0.3 is 0 Å². The van der Waals surface area contributed by atoms with Crippen LogP contribution in [0.2, 0.25) is 0 Å². The largest absolute Gasteiger partial charge is 0.508 e. The molecule has 0 saturated heterocycles. The lowest BCUT2D eigenvalue weighted by Crippen LogP contribution is -2.28. The highest BCUT2D eigenvalue weighted by Gasteiger charge is 2.09. The first-order chi connectivity index (χ1) is 12.1. The Balaban J connectivity index is 0.000000701. The molecule has 0 bridgehead atoms. The van der Waals surface area contributed by atoms with Crippen LogP contribution in [0.3, 0.4) is 0 Å². The molecule has 0 amide bonds. The highest BCUT2D eigenvalue weighted by atomic mass is 16.5. The van der Waals surface area contributed by atoms with Gasteiger partial charge in [0.1, 0.15) is 17.3 Å². The summed E-state index contributed by atoms with van der Waals surface area (Å²) in [5, 5.41) is 11.4. The highest BCUT2D eigenvalue weighted by Crippen LogP contribution is 2.19. The van der Waals surface area contributed by atoms with E-state index in [9.17, 15) is 5.11 Å². The topological polar surface area (TPSA) is 86.8 Å². The Morgan fingerprint density at radius 1 is 1.08 bits per heavy atom. The monoisotopic (exact) mass is 342 g/mol. The average molecular weight is 342 g/mol. The zero-order valence-electron chi connectivity index (χ0n) is 14.5. The van der Waals surface area contributed by atoms with Crippen molar-refractivity contribution in [3.05, 3.63) is 58.6 Å². The van der Waals surface area contributed by atoms with Gasteiger partial charge in [0.05, 0.1) is 12.5 Å². The molecule has 0 fully saturated rings. The average Bonchev–Trinajstić information content (AvgIpc) is 2.77. The van der Waals surface area contributed by atoms with Crippen LogP contribution in [0, 0.1) is 0 Å². The number of fused-ring (bicyclic) bond motifs is 1. The lowest BCUT2D eigenvalue weighted by atomic mass is 10.2. The molecule has 0 saturated carbocycles. The van der Waals surface area contributed by atoms with Crippen LogP contribution in [0.15, 0.2) is 48.0 Å². The van der Waals surface area contributed by atoms with E-state index in [0.29, 0.717) is 29.4 Å². The molecule has 3 N–H and O–H groups in total. The lowest BCUT2D eigenvalue weighted by Gasteiger charge is -2.07. The molecule has 25 heavy (non-hydrogen) atoms. The number of hydrogen-bond acceptors (Lipinski definition) is 6. The molecular weight excluding hydrogens is 320 g/mol. The third kappa shape index (κ3) is 4.74. The molecule has 132 valence electrons. The Labute approximate surface area is 146 Å². The maximum Gasteiger partial charge on any atom is 0.157 e. The van der Waals surface area contributed by atoms with Crippen LogP contribution in [0.1, 0.15) is 6.42 Å². The minimum absolute atomic E-state index is 0.166. The van der Waals surface area contributed by atoms with Crippen LogP contribution in [-0.2, 0) is 9.47 Å². The smallest absolute Gasteiger partial charge is 0.157 e. The van der Waals surface area contributed by atoms with E-state index in [1.165, 1.54) is 7.11 Å². The van der Waals surface area contributed by atoms with Crippen molar-refractivity contribution in [3.8, 4) is 11.5 Å². The molecule has 1 aromatic carbocycles. The Bertz CT molecular complexity index is 858. The number of ether oxygens (including phenoxy) is 3. The molecule has 0 aliphatic heterocycles. The summed E-state index contributed by atoms with van der Waals surface area (Å²) in [5.41, 5.74) is 6.35. The number of rotatable bonds is 3. The van der Waals surface area contributed by atoms with Crippen LogP contribution in [0.4, 0.5) is 5.69 Å². The molecule has 1 aliphatic rings. The van der Waals surface area contributed by atoms with E-state index < -0.39 is 0 Å². The predicted molar refractivity (Wildman–Crippen MR) is 97.6 cm³/mol. The maximum absolute atomic E-state index is 9.94. The molecule has 2 aromatic rings. The van der Waals surface area contributed by atoms with Crippen molar-refractivity contribution in [1.82, 2.24) is 4.98 Å². The second-order valence-electron chi connectivity index (χ2n) is 5.26. The number of aliphatic hydroxyl groups excluding tert-OH is 1. The number of pyridine rings is 1. The number of allylic oxidation sites excluding steroid dienone is 2. The van der Waals surface area contributed by atoms with E-state index in [2.05, 4.69) is 9.72 Å². The van der Waals surface area contributed by atoms with Gasteiger partial charge in [-0.2, -0.15) is 0 Å². The normalized spacial score (nSPS) is 12.6. The zero-order chi connectivity index (χ0) is 18.2. The summed E-state index contributed by atoms with van der Waals surface area (Å²) < 4.78 is 15.4. The maximum atomic E-state index is 9.94. The van der Waals surface area contributed by atoms with Crippen molar-refractivity contribution in [1.29, 1.82) is 0 Å². The summed E-state index contributed by atoms with van der Waals surface area (Å²) in [7, 11) is 4.77. The Morgan fingerprint density at radius 2 is 1.76 bits per heavy atom. The Kier molecular flexibility index (Phi) is 6.42. The number of nitrogens with zero attached hydrogens (tertiary/aromatic N) is 1. The molecule has 1 aliphatic carbocycles. The number of aliphatic hydroxyl groups is 1. The summed E-state index contributed by atoms with van der Waals surface area (Å²) in [6, 6.07) is 8.92. The number of hydrogen-bond donors (Lipinski definition) is 2. The van der Waals surface area contributed by atoms with Gasteiger partial charge in [0.25, 0.3) is 0 Å². The fourth-order valence-electron chi connectivity index (χ4n) is 2.22.